The lowest BCUT2D eigenvalue weighted by Gasteiger charge is -2.59. The van der Waals surface area contributed by atoms with Gasteiger partial charge in [0.15, 0.2) is 11.5 Å². The zero-order valence-electron chi connectivity index (χ0n) is 18.9. The fourth-order valence-corrected chi connectivity index (χ4v) is 7.20. The molecule has 1 aromatic heterocycles. The molecule has 4 saturated carbocycles. The van der Waals surface area contributed by atoms with Crippen molar-refractivity contribution in [3.05, 3.63) is 18.2 Å². The Morgan fingerprint density at radius 3 is 2.41 bits per heavy atom. The van der Waals surface area contributed by atoms with Crippen molar-refractivity contribution < 1.29 is 18.7 Å². The molecule has 7 nitrogen and oxygen atoms in total. The topological polar surface area (TPSA) is 86.5 Å². The number of hydrogen-bond acceptors (Lipinski definition) is 7. The zero-order valence-corrected chi connectivity index (χ0v) is 19.7. The van der Waals surface area contributed by atoms with E-state index in [9.17, 15) is 4.79 Å². The summed E-state index contributed by atoms with van der Waals surface area (Å²) in [5, 5.41) is 11.9. The van der Waals surface area contributed by atoms with Gasteiger partial charge >= 0.3 is 0 Å². The van der Waals surface area contributed by atoms with Crippen molar-refractivity contribution in [2.45, 2.75) is 56.7 Å². The van der Waals surface area contributed by atoms with Crippen molar-refractivity contribution in [2.24, 2.45) is 23.2 Å². The molecule has 1 unspecified atom stereocenters. The number of rotatable bonds is 8. The maximum absolute atomic E-state index is 12.7. The first-order chi connectivity index (χ1) is 15.5. The highest BCUT2D eigenvalue weighted by molar-refractivity contribution is 7.99. The molecule has 8 heteroatoms. The third-order valence-electron chi connectivity index (χ3n) is 7.75. The molecule has 4 bridgehead atoms. The average molecular weight is 458 g/mol. The van der Waals surface area contributed by atoms with E-state index in [0.29, 0.717) is 28.0 Å². The lowest BCUT2D eigenvalue weighted by Crippen LogP contribution is -2.56. The molecule has 0 radical (unpaired) electrons. The van der Waals surface area contributed by atoms with Gasteiger partial charge in [-0.05, 0) is 86.8 Å². The van der Waals surface area contributed by atoms with Gasteiger partial charge in [0, 0.05) is 11.6 Å². The van der Waals surface area contributed by atoms with E-state index in [0.717, 1.165) is 23.3 Å². The molecule has 0 saturated heterocycles. The maximum Gasteiger partial charge on any atom is 0.277 e. The predicted molar refractivity (Wildman–Crippen MR) is 122 cm³/mol. The Balaban J connectivity index is 1.17. The monoisotopic (exact) mass is 457 g/mol. The molecule has 1 aromatic carbocycles. The summed E-state index contributed by atoms with van der Waals surface area (Å²) < 4.78 is 16.4. The summed E-state index contributed by atoms with van der Waals surface area (Å²) >= 11 is 1.27. The number of carbonyl (C=O) groups is 1. The van der Waals surface area contributed by atoms with Crippen molar-refractivity contribution >= 4 is 17.7 Å². The number of nitrogens with zero attached hydrogens (tertiary/aromatic N) is 2. The van der Waals surface area contributed by atoms with Crippen molar-refractivity contribution in [1.29, 1.82) is 0 Å². The van der Waals surface area contributed by atoms with Crippen LogP contribution in [0.5, 0.6) is 11.5 Å². The highest BCUT2D eigenvalue weighted by Crippen LogP contribution is 2.61. The minimum Gasteiger partial charge on any atom is -0.493 e. The Bertz CT molecular complexity index is 956. The molecule has 4 aliphatic rings. The van der Waals surface area contributed by atoms with Crippen LogP contribution >= 0.6 is 11.8 Å². The lowest BCUT2D eigenvalue weighted by atomic mass is 9.48. The molecule has 2 aromatic rings. The van der Waals surface area contributed by atoms with E-state index in [4.69, 9.17) is 13.9 Å². The standard InChI is InChI=1S/C24H31N3O4S/c1-14(24-10-15-6-16(11-24)8-17(7-15)12-24)25-21(28)13-32-23-27-26-22(31-23)18-4-5-19(29-2)20(9-18)30-3/h4-5,9,14-17H,6-8,10-13H2,1-3H3,(H,25,28). The van der Waals surface area contributed by atoms with Gasteiger partial charge in [-0.25, -0.2) is 0 Å². The summed E-state index contributed by atoms with van der Waals surface area (Å²) in [5.74, 6) is 4.55. The number of nitrogens with one attached hydrogen (secondary N) is 1. The van der Waals surface area contributed by atoms with Crippen molar-refractivity contribution in [2.75, 3.05) is 20.0 Å². The molecule has 32 heavy (non-hydrogen) atoms. The highest BCUT2D eigenvalue weighted by atomic mass is 32.2. The van der Waals surface area contributed by atoms with Crippen LogP contribution in [-0.4, -0.2) is 42.1 Å². The Morgan fingerprint density at radius 1 is 1.12 bits per heavy atom. The SMILES string of the molecule is COc1ccc(-c2nnc(SCC(=O)NC(C)C34CC5CC(CC(C5)C3)C4)o2)cc1OC. The van der Waals surface area contributed by atoms with Crippen molar-refractivity contribution in [3.8, 4) is 23.0 Å². The van der Waals surface area contributed by atoms with E-state index in [1.807, 2.05) is 6.07 Å². The Hall–Kier alpha value is -2.22. The fraction of sp³-hybridized carbons (Fsp3) is 0.625. The second-order valence-electron chi connectivity index (χ2n) is 9.80. The molecule has 1 atom stereocenters. The number of aromatic nitrogens is 2. The van der Waals surface area contributed by atoms with Crippen LogP contribution < -0.4 is 14.8 Å². The molecule has 0 spiro atoms. The first kappa shape index (κ1) is 21.6. The number of amides is 1. The molecule has 6 rings (SSSR count). The van der Waals surface area contributed by atoms with Crippen LogP contribution in [0.15, 0.2) is 27.8 Å². The van der Waals surface area contributed by atoms with Crippen LogP contribution in [0.1, 0.15) is 45.4 Å². The van der Waals surface area contributed by atoms with Crippen molar-refractivity contribution in [3.63, 3.8) is 0 Å². The highest BCUT2D eigenvalue weighted by Gasteiger charge is 2.53. The summed E-state index contributed by atoms with van der Waals surface area (Å²) in [6, 6.07) is 5.64. The summed E-state index contributed by atoms with van der Waals surface area (Å²) in [6.45, 7) is 2.21. The van der Waals surface area contributed by atoms with E-state index >= 15 is 0 Å². The molecule has 172 valence electrons. The second-order valence-corrected chi connectivity index (χ2v) is 10.7. The van der Waals surface area contributed by atoms with Gasteiger partial charge in [-0.1, -0.05) is 11.8 Å². The van der Waals surface area contributed by atoms with E-state index in [1.54, 1.807) is 26.4 Å². The van der Waals surface area contributed by atoms with Gasteiger partial charge in [0.1, 0.15) is 0 Å². The van der Waals surface area contributed by atoms with E-state index < -0.39 is 0 Å². The third-order valence-corrected chi connectivity index (χ3v) is 8.56. The Labute approximate surface area is 193 Å². The number of hydrogen-bond donors (Lipinski definition) is 1. The van der Waals surface area contributed by atoms with Crippen LogP contribution in [-0.2, 0) is 4.79 Å². The molecule has 4 fully saturated rings. The predicted octanol–water partition coefficient (Wildman–Crippen LogP) is 4.57. The summed E-state index contributed by atoms with van der Waals surface area (Å²) in [6.07, 6.45) is 8.09. The molecule has 1 N–H and O–H groups in total. The zero-order chi connectivity index (χ0) is 22.3. The molecule has 1 amide bonds. The van der Waals surface area contributed by atoms with Gasteiger partial charge in [0.2, 0.25) is 11.8 Å². The first-order valence-electron chi connectivity index (χ1n) is 11.5. The maximum atomic E-state index is 12.7. The number of methoxy groups -OCH3 is 2. The van der Waals surface area contributed by atoms with Crippen LogP contribution in [0.2, 0.25) is 0 Å². The number of thioether (sulfide) groups is 1. The van der Waals surface area contributed by atoms with Gasteiger partial charge in [-0.3, -0.25) is 4.79 Å². The van der Waals surface area contributed by atoms with Gasteiger partial charge in [-0.2, -0.15) is 0 Å². The molecule has 0 aliphatic heterocycles. The number of benzene rings is 1. The lowest BCUT2D eigenvalue weighted by molar-refractivity contribution is -0.123. The third kappa shape index (κ3) is 4.09. The van der Waals surface area contributed by atoms with E-state index in [2.05, 4.69) is 22.4 Å². The average Bonchev–Trinajstić information content (AvgIpc) is 3.25. The summed E-state index contributed by atoms with van der Waals surface area (Å²) in [4.78, 5) is 12.7. The van der Waals surface area contributed by atoms with Crippen LogP contribution in [0, 0.1) is 23.2 Å². The van der Waals surface area contributed by atoms with Crippen LogP contribution in [0.25, 0.3) is 11.5 Å². The number of ether oxygens (including phenoxy) is 2. The van der Waals surface area contributed by atoms with Gasteiger partial charge in [0.05, 0.1) is 20.0 Å². The Morgan fingerprint density at radius 2 is 1.78 bits per heavy atom. The second kappa shape index (κ2) is 8.61. The number of carbonyl (C=O) groups excluding carboxylic acids is 1. The summed E-state index contributed by atoms with van der Waals surface area (Å²) in [5.41, 5.74) is 1.04. The fourth-order valence-electron chi connectivity index (χ4n) is 6.63. The summed E-state index contributed by atoms with van der Waals surface area (Å²) in [7, 11) is 3.17. The Kier molecular flexibility index (Phi) is 5.82. The minimum absolute atomic E-state index is 0.0316. The van der Waals surface area contributed by atoms with Gasteiger partial charge in [-0.15, -0.1) is 10.2 Å². The molecule has 4 aliphatic carbocycles. The largest absolute Gasteiger partial charge is 0.493 e. The van der Waals surface area contributed by atoms with Crippen LogP contribution in [0.3, 0.4) is 0 Å². The van der Waals surface area contributed by atoms with E-state index in [1.165, 1.54) is 50.3 Å². The van der Waals surface area contributed by atoms with Crippen LogP contribution in [0.4, 0.5) is 0 Å². The molecular weight excluding hydrogens is 426 g/mol. The smallest absolute Gasteiger partial charge is 0.277 e. The van der Waals surface area contributed by atoms with Crippen molar-refractivity contribution in [1.82, 2.24) is 15.5 Å². The molecule has 1 heterocycles. The van der Waals surface area contributed by atoms with Gasteiger partial charge < -0.3 is 19.2 Å². The first-order valence-corrected chi connectivity index (χ1v) is 12.4. The van der Waals surface area contributed by atoms with E-state index in [-0.39, 0.29) is 17.7 Å². The van der Waals surface area contributed by atoms with Gasteiger partial charge in [0.25, 0.3) is 5.22 Å². The molecular formula is C24H31N3O4S. The normalized spacial score (nSPS) is 29.0. The quantitative estimate of drug-likeness (QED) is 0.581. The minimum atomic E-state index is 0.0316.